The Labute approximate surface area is 113 Å². The van der Waals surface area contributed by atoms with Crippen molar-refractivity contribution in [1.29, 1.82) is 0 Å². The normalized spacial score (nSPS) is 11.8. The lowest BCUT2D eigenvalue weighted by molar-refractivity contribution is 0.545. The molecule has 0 aromatic carbocycles. The first-order valence-electron chi connectivity index (χ1n) is 6.59. The third kappa shape index (κ3) is 2.92. The molecule has 2 N–H and O–H groups in total. The first kappa shape index (κ1) is 13.5. The van der Waals surface area contributed by atoms with Crippen molar-refractivity contribution in [2.75, 3.05) is 5.73 Å². The average Bonchev–Trinajstić information content (AvgIpc) is 2.76. The fraction of sp³-hybridized carbons (Fsp3) is 0.500. The van der Waals surface area contributed by atoms with Gasteiger partial charge < -0.3 is 5.73 Å². The summed E-state index contributed by atoms with van der Waals surface area (Å²) in [5.74, 6) is 1.26. The second-order valence-corrected chi connectivity index (χ2v) is 5.69. The Kier molecular flexibility index (Phi) is 3.55. The summed E-state index contributed by atoms with van der Waals surface area (Å²) in [5.41, 5.74) is 7.60. The number of anilines is 1. The van der Waals surface area contributed by atoms with Gasteiger partial charge in [-0.2, -0.15) is 5.10 Å². The SMILES string of the molecule is CCCn1nccc1-c1cc(N)nc(C(C)(C)C)n1. The molecule has 2 rings (SSSR count). The molecule has 0 aliphatic heterocycles. The van der Waals surface area contributed by atoms with Gasteiger partial charge in [-0.1, -0.05) is 27.7 Å². The Hall–Kier alpha value is -1.91. The number of rotatable bonds is 3. The van der Waals surface area contributed by atoms with Crippen LogP contribution in [-0.4, -0.2) is 19.7 Å². The summed E-state index contributed by atoms with van der Waals surface area (Å²) in [7, 11) is 0. The fourth-order valence-corrected chi connectivity index (χ4v) is 1.87. The molecule has 0 bridgehead atoms. The fourth-order valence-electron chi connectivity index (χ4n) is 1.87. The summed E-state index contributed by atoms with van der Waals surface area (Å²) in [4.78, 5) is 8.97. The van der Waals surface area contributed by atoms with Crippen LogP contribution in [0.15, 0.2) is 18.3 Å². The van der Waals surface area contributed by atoms with Crippen LogP contribution in [0.1, 0.15) is 39.9 Å². The van der Waals surface area contributed by atoms with E-state index in [1.54, 1.807) is 12.3 Å². The summed E-state index contributed by atoms with van der Waals surface area (Å²) in [6, 6.07) is 3.77. The van der Waals surface area contributed by atoms with Gasteiger partial charge >= 0.3 is 0 Å². The predicted molar refractivity (Wildman–Crippen MR) is 76.7 cm³/mol. The van der Waals surface area contributed by atoms with Crippen LogP contribution in [0.2, 0.25) is 0 Å². The Morgan fingerprint density at radius 3 is 2.63 bits per heavy atom. The van der Waals surface area contributed by atoms with Crippen molar-refractivity contribution in [2.45, 2.75) is 46.1 Å². The zero-order chi connectivity index (χ0) is 14.0. The molecule has 0 radical (unpaired) electrons. The molecule has 0 unspecified atom stereocenters. The molecule has 0 fully saturated rings. The largest absolute Gasteiger partial charge is 0.384 e. The topological polar surface area (TPSA) is 69.6 Å². The van der Waals surface area contributed by atoms with Crippen LogP contribution >= 0.6 is 0 Å². The standard InChI is InChI=1S/C14H21N5/c1-5-8-19-11(6-7-16-19)10-9-12(15)18-13(17-10)14(2,3)4/h6-7,9H,5,8H2,1-4H3,(H2,15,17,18). The van der Waals surface area contributed by atoms with Gasteiger partial charge in [0.15, 0.2) is 0 Å². The molecule has 5 heteroatoms. The van der Waals surface area contributed by atoms with E-state index in [-0.39, 0.29) is 5.41 Å². The minimum Gasteiger partial charge on any atom is -0.384 e. The van der Waals surface area contributed by atoms with Crippen LogP contribution in [0.3, 0.4) is 0 Å². The number of aromatic nitrogens is 4. The molecule has 2 heterocycles. The highest BCUT2D eigenvalue weighted by atomic mass is 15.3. The molecular weight excluding hydrogens is 238 g/mol. The van der Waals surface area contributed by atoms with Crippen LogP contribution in [0.25, 0.3) is 11.4 Å². The average molecular weight is 259 g/mol. The highest BCUT2D eigenvalue weighted by Crippen LogP contribution is 2.24. The molecule has 19 heavy (non-hydrogen) atoms. The second kappa shape index (κ2) is 4.99. The molecule has 0 aliphatic rings. The molecule has 0 aliphatic carbocycles. The van der Waals surface area contributed by atoms with Crippen LogP contribution < -0.4 is 5.73 Å². The summed E-state index contributed by atoms with van der Waals surface area (Å²) >= 11 is 0. The molecule has 0 amide bonds. The third-order valence-electron chi connectivity index (χ3n) is 2.83. The van der Waals surface area contributed by atoms with E-state index in [4.69, 9.17) is 5.73 Å². The maximum Gasteiger partial charge on any atom is 0.136 e. The molecule has 2 aromatic heterocycles. The Balaban J connectivity index is 2.50. The summed E-state index contributed by atoms with van der Waals surface area (Å²) in [6.45, 7) is 9.23. The van der Waals surface area contributed by atoms with Gasteiger partial charge in [0, 0.05) is 24.2 Å². The summed E-state index contributed by atoms with van der Waals surface area (Å²) in [6.07, 6.45) is 2.82. The maximum atomic E-state index is 5.91. The van der Waals surface area contributed by atoms with Gasteiger partial charge in [0.05, 0.1) is 11.4 Å². The second-order valence-electron chi connectivity index (χ2n) is 5.69. The molecule has 2 aromatic rings. The number of aryl methyl sites for hydroxylation is 1. The van der Waals surface area contributed by atoms with Crippen molar-refractivity contribution in [3.05, 3.63) is 24.2 Å². The van der Waals surface area contributed by atoms with Gasteiger partial charge in [0.1, 0.15) is 11.6 Å². The minimum absolute atomic E-state index is 0.125. The lowest BCUT2D eigenvalue weighted by atomic mass is 9.95. The lowest BCUT2D eigenvalue weighted by Gasteiger charge is -2.18. The van der Waals surface area contributed by atoms with E-state index in [9.17, 15) is 0 Å². The molecule has 0 atom stereocenters. The number of hydrogen-bond acceptors (Lipinski definition) is 4. The van der Waals surface area contributed by atoms with Crippen molar-refractivity contribution < 1.29 is 0 Å². The monoisotopic (exact) mass is 259 g/mol. The Morgan fingerprint density at radius 2 is 2.00 bits per heavy atom. The van der Waals surface area contributed by atoms with Crippen LogP contribution in [0.5, 0.6) is 0 Å². The van der Waals surface area contributed by atoms with Gasteiger partial charge in [0.25, 0.3) is 0 Å². The van der Waals surface area contributed by atoms with Crippen molar-refractivity contribution in [3.8, 4) is 11.4 Å². The first-order valence-corrected chi connectivity index (χ1v) is 6.59. The van der Waals surface area contributed by atoms with Crippen molar-refractivity contribution in [3.63, 3.8) is 0 Å². The first-order chi connectivity index (χ1) is 8.91. The smallest absolute Gasteiger partial charge is 0.136 e. The molecular formula is C14H21N5. The number of nitrogens with two attached hydrogens (primary N) is 1. The number of nitrogens with zero attached hydrogens (tertiary/aromatic N) is 4. The highest BCUT2D eigenvalue weighted by molar-refractivity contribution is 5.58. The third-order valence-corrected chi connectivity index (χ3v) is 2.83. The Morgan fingerprint density at radius 1 is 1.26 bits per heavy atom. The lowest BCUT2D eigenvalue weighted by Crippen LogP contribution is -2.17. The van der Waals surface area contributed by atoms with E-state index in [0.717, 1.165) is 30.2 Å². The van der Waals surface area contributed by atoms with Crippen LogP contribution in [-0.2, 0) is 12.0 Å². The van der Waals surface area contributed by atoms with Crippen LogP contribution in [0, 0.1) is 0 Å². The quantitative estimate of drug-likeness (QED) is 0.920. The Bertz CT molecular complexity index is 565. The van der Waals surface area contributed by atoms with Crippen molar-refractivity contribution in [1.82, 2.24) is 19.7 Å². The van der Waals surface area contributed by atoms with Crippen molar-refractivity contribution in [2.24, 2.45) is 0 Å². The van der Waals surface area contributed by atoms with E-state index >= 15 is 0 Å². The molecule has 5 nitrogen and oxygen atoms in total. The van der Waals surface area contributed by atoms with Gasteiger partial charge in [-0.25, -0.2) is 9.97 Å². The van der Waals surface area contributed by atoms with Crippen LogP contribution in [0.4, 0.5) is 5.82 Å². The molecule has 0 spiro atoms. The summed E-state index contributed by atoms with van der Waals surface area (Å²) < 4.78 is 1.95. The summed E-state index contributed by atoms with van der Waals surface area (Å²) in [5, 5.41) is 4.32. The number of hydrogen-bond donors (Lipinski definition) is 1. The minimum atomic E-state index is -0.125. The molecule has 0 saturated carbocycles. The van der Waals surface area contributed by atoms with Gasteiger partial charge in [-0.15, -0.1) is 0 Å². The van der Waals surface area contributed by atoms with E-state index in [1.807, 2.05) is 10.7 Å². The van der Waals surface area contributed by atoms with Crippen molar-refractivity contribution >= 4 is 5.82 Å². The number of nitrogen functional groups attached to an aromatic ring is 1. The van der Waals surface area contributed by atoms with Gasteiger partial charge in [-0.3, -0.25) is 4.68 Å². The zero-order valence-corrected chi connectivity index (χ0v) is 12.0. The maximum absolute atomic E-state index is 5.91. The van der Waals surface area contributed by atoms with E-state index in [2.05, 4.69) is 42.8 Å². The van der Waals surface area contributed by atoms with E-state index < -0.39 is 0 Å². The zero-order valence-electron chi connectivity index (χ0n) is 12.0. The van der Waals surface area contributed by atoms with E-state index in [0.29, 0.717) is 5.82 Å². The molecule has 102 valence electrons. The van der Waals surface area contributed by atoms with Gasteiger partial charge in [0.2, 0.25) is 0 Å². The van der Waals surface area contributed by atoms with Gasteiger partial charge in [-0.05, 0) is 12.5 Å². The highest BCUT2D eigenvalue weighted by Gasteiger charge is 2.19. The van der Waals surface area contributed by atoms with E-state index in [1.165, 1.54) is 0 Å². The predicted octanol–water partition coefficient (Wildman–Crippen LogP) is 2.63. The molecule has 0 saturated heterocycles.